The molecule has 1 aromatic heterocycles. The number of hydrogen-bond acceptors (Lipinski definition) is 3. The Bertz CT molecular complexity index is 646. The van der Waals surface area contributed by atoms with E-state index in [1.807, 2.05) is 37.3 Å². The number of nitrogens with zero attached hydrogens (tertiary/aromatic N) is 1. The van der Waals surface area contributed by atoms with Crippen molar-refractivity contribution in [2.45, 2.75) is 26.5 Å². The Morgan fingerprint density at radius 1 is 1.25 bits per heavy atom. The van der Waals surface area contributed by atoms with Gasteiger partial charge in [0.05, 0.1) is 19.4 Å². The van der Waals surface area contributed by atoms with E-state index in [4.69, 9.17) is 4.74 Å². The number of ether oxygens (including phenoxy) is 1. The molecule has 0 fully saturated rings. The Morgan fingerprint density at radius 2 is 2.05 bits per heavy atom. The minimum Gasteiger partial charge on any atom is -0.497 e. The second-order valence-corrected chi connectivity index (χ2v) is 4.59. The number of aliphatic hydroxyl groups excluding tert-OH is 1. The number of pyridine rings is 1. The molecule has 0 aliphatic heterocycles. The zero-order valence-corrected chi connectivity index (χ0v) is 11.8. The fraction of sp³-hybridized carbons (Fsp3) is 0.312. The summed E-state index contributed by atoms with van der Waals surface area (Å²) in [6.07, 6.45) is 0.853. The van der Waals surface area contributed by atoms with Crippen LogP contribution < -0.4 is 10.3 Å². The molecule has 0 saturated carbocycles. The Balaban J connectivity index is 2.60. The van der Waals surface area contributed by atoms with Crippen molar-refractivity contribution in [3.63, 3.8) is 0 Å². The van der Waals surface area contributed by atoms with Crippen molar-refractivity contribution in [3.8, 4) is 17.0 Å². The molecule has 2 aromatic rings. The van der Waals surface area contributed by atoms with Gasteiger partial charge in [-0.25, -0.2) is 0 Å². The molecule has 0 radical (unpaired) electrons. The molecule has 0 unspecified atom stereocenters. The smallest absolute Gasteiger partial charge is 0.256 e. The highest BCUT2D eigenvalue weighted by Gasteiger charge is 2.10. The Morgan fingerprint density at radius 3 is 2.70 bits per heavy atom. The van der Waals surface area contributed by atoms with Crippen LogP contribution in [-0.2, 0) is 13.2 Å². The zero-order valence-electron chi connectivity index (χ0n) is 11.8. The van der Waals surface area contributed by atoms with E-state index in [1.165, 1.54) is 0 Å². The number of methoxy groups -OCH3 is 1. The molecule has 0 saturated heterocycles. The van der Waals surface area contributed by atoms with Gasteiger partial charge in [-0.1, -0.05) is 19.1 Å². The molecule has 0 atom stereocenters. The zero-order chi connectivity index (χ0) is 14.5. The molecule has 0 aliphatic rings. The molecule has 4 heteroatoms. The van der Waals surface area contributed by atoms with Crippen LogP contribution in [0.4, 0.5) is 0 Å². The highest BCUT2D eigenvalue weighted by atomic mass is 16.5. The monoisotopic (exact) mass is 273 g/mol. The quantitative estimate of drug-likeness (QED) is 0.910. The Hall–Kier alpha value is -2.07. The maximum atomic E-state index is 12.3. The summed E-state index contributed by atoms with van der Waals surface area (Å²) in [6, 6.07) is 11.2. The van der Waals surface area contributed by atoms with E-state index in [0.29, 0.717) is 12.1 Å². The topological polar surface area (TPSA) is 51.5 Å². The van der Waals surface area contributed by atoms with Crippen molar-refractivity contribution in [2.75, 3.05) is 7.11 Å². The van der Waals surface area contributed by atoms with Gasteiger partial charge >= 0.3 is 0 Å². The molecule has 1 aromatic carbocycles. The predicted molar refractivity (Wildman–Crippen MR) is 78.9 cm³/mol. The van der Waals surface area contributed by atoms with Crippen LogP contribution in [-0.4, -0.2) is 16.8 Å². The van der Waals surface area contributed by atoms with Gasteiger partial charge in [-0.05, 0) is 30.7 Å². The van der Waals surface area contributed by atoms with Crippen LogP contribution in [0.5, 0.6) is 5.75 Å². The van der Waals surface area contributed by atoms with Crippen molar-refractivity contribution >= 4 is 0 Å². The van der Waals surface area contributed by atoms with Gasteiger partial charge < -0.3 is 14.4 Å². The van der Waals surface area contributed by atoms with Crippen LogP contribution in [0.3, 0.4) is 0 Å². The molecule has 1 N–H and O–H groups in total. The molecule has 0 aliphatic carbocycles. The summed E-state index contributed by atoms with van der Waals surface area (Å²) < 4.78 is 6.93. The van der Waals surface area contributed by atoms with Crippen LogP contribution >= 0.6 is 0 Å². The first-order chi connectivity index (χ1) is 9.71. The van der Waals surface area contributed by atoms with Crippen LogP contribution in [0.25, 0.3) is 11.3 Å². The standard InChI is InChI=1S/C16H19NO3/c1-3-9-17-15(8-7-13(11-18)16(17)19)12-5-4-6-14(10-12)20-2/h4-8,10,18H,3,9,11H2,1-2H3. The first kappa shape index (κ1) is 14.3. The van der Waals surface area contributed by atoms with Gasteiger partial charge in [-0.15, -0.1) is 0 Å². The maximum absolute atomic E-state index is 12.3. The van der Waals surface area contributed by atoms with Gasteiger partial charge in [0.25, 0.3) is 5.56 Å². The van der Waals surface area contributed by atoms with Crippen LogP contribution in [0.2, 0.25) is 0 Å². The van der Waals surface area contributed by atoms with E-state index < -0.39 is 0 Å². The molecule has 0 amide bonds. The molecule has 106 valence electrons. The molecule has 4 nitrogen and oxygen atoms in total. The van der Waals surface area contributed by atoms with E-state index in [1.54, 1.807) is 17.7 Å². The fourth-order valence-corrected chi connectivity index (χ4v) is 2.22. The average molecular weight is 273 g/mol. The molecule has 20 heavy (non-hydrogen) atoms. The molecule has 1 heterocycles. The summed E-state index contributed by atoms with van der Waals surface area (Å²) in [5.74, 6) is 0.754. The van der Waals surface area contributed by atoms with Gasteiger partial charge in [-0.2, -0.15) is 0 Å². The van der Waals surface area contributed by atoms with Crippen molar-refractivity contribution in [1.29, 1.82) is 0 Å². The number of aliphatic hydroxyl groups is 1. The molecular weight excluding hydrogens is 254 g/mol. The number of hydrogen-bond donors (Lipinski definition) is 1. The van der Waals surface area contributed by atoms with Gasteiger partial charge in [0.15, 0.2) is 0 Å². The summed E-state index contributed by atoms with van der Waals surface area (Å²) in [5, 5.41) is 9.22. The Kier molecular flexibility index (Phi) is 4.58. The third-order valence-corrected chi connectivity index (χ3v) is 3.24. The second kappa shape index (κ2) is 6.39. The molecular formula is C16H19NO3. The first-order valence-corrected chi connectivity index (χ1v) is 6.69. The van der Waals surface area contributed by atoms with E-state index in [-0.39, 0.29) is 12.2 Å². The third kappa shape index (κ3) is 2.75. The van der Waals surface area contributed by atoms with Crippen molar-refractivity contribution in [1.82, 2.24) is 4.57 Å². The summed E-state index contributed by atoms with van der Waals surface area (Å²) in [7, 11) is 1.62. The van der Waals surface area contributed by atoms with Crippen LogP contribution in [0.1, 0.15) is 18.9 Å². The van der Waals surface area contributed by atoms with Crippen molar-refractivity contribution < 1.29 is 9.84 Å². The molecule has 0 spiro atoms. The largest absolute Gasteiger partial charge is 0.497 e. The van der Waals surface area contributed by atoms with E-state index >= 15 is 0 Å². The first-order valence-electron chi connectivity index (χ1n) is 6.69. The summed E-state index contributed by atoms with van der Waals surface area (Å²) in [4.78, 5) is 12.3. The SMILES string of the molecule is CCCn1c(-c2cccc(OC)c2)ccc(CO)c1=O. The Labute approximate surface area is 118 Å². The van der Waals surface area contributed by atoms with E-state index in [0.717, 1.165) is 23.4 Å². The minimum absolute atomic E-state index is 0.130. The highest BCUT2D eigenvalue weighted by molar-refractivity contribution is 5.62. The van der Waals surface area contributed by atoms with Crippen LogP contribution in [0.15, 0.2) is 41.2 Å². The van der Waals surface area contributed by atoms with Crippen molar-refractivity contribution in [3.05, 3.63) is 52.3 Å². The van der Waals surface area contributed by atoms with Crippen molar-refractivity contribution in [2.24, 2.45) is 0 Å². The minimum atomic E-state index is -0.235. The predicted octanol–water partition coefficient (Wildman–Crippen LogP) is 2.43. The van der Waals surface area contributed by atoms with Gasteiger partial charge in [0.1, 0.15) is 5.75 Å². The normalized spacial score (nSPS) is 10.6. The highest BCUT2D eigenvalue weighted by Crippen LogP contribution is 2.23. The number of aromatic nitrogens is 1. The second-order valence-electron chi connectivity index (χ2n) is 4.59. The third-order valence-electron chi connectivity index (χ3n) is 3.24. The number of rotatable bonds is 5. The lowest BCUT2D eigenvalue weighted by Gasteiger charge is -2.14. The molecule has 0 bridgehead atoms. The lowest BCUT2D eigenvalue weighted by molar-refractivity contribution is 0.279. The summed E-state index contributed by atoms with van der Waals surface area (Å²) in [5.41, 5.74) is 2.06. The lowest BCUT2D eigenvalue weighted by atomic mass is 10.1. The lowest BCUT2D eigenvalue weighted by Crippen LogP contribution is -2.25. The van der Waals surface area contributed by atoms with E-state index in [9.17, 15) is 9.90 Å². The summed E-state index contributed by atoms with van der Waals surface area (Å²) in [6.45, 7) is 2.41. The average Bonchev–Trinajstić information content (AvgIpc) is 2.49. The van der Waals surface area contributed by atoms with E-state index in [2.05, 4.69) is 0 Å². The fourth-order valence-electron chi connectivity index (χ4n) is 2.22. The van der Waals surface area contributed by atoms with Crippen LogP contribution in [0, 0.1) is 0 Å². The molecule has 2 rings (SSSR count). The summed E-state index contributed by atoms with van der Waals surface area (Å²) >= 11 is 0. The number of benzene rings is 1. The van der Waals surface area contributed by atoms with Gasteiger partial charge in [0.2, 0.25) is 0 Å². The van der Waals surface area contributed by atoms with Gasteiger partial charge in [0, 0.05) is 17.7 Å². The maximum Gasteiger partial charge on any atom is 0.256 e. The van der Waals surface area contributed by atoms with Gasteiger partial charge in [-0.3, -0.25) is 4.79 Å².